The van der Waals surface area contributed by atoms with E-state index in [4.69, 9.17) is 15.0 Å². The van der Waals surface area contributed by atoms with Gasteiger partial charge >= 0.3 is 0 Å². The molecule has 0 aliphatic heterocycles. The van der Waals surface area contributed by atoms with Crippen LogP contribution in [0.1, 0.15) is 26.3 Å². The Balaban J connectivity index is 0.000000128. The van der Waals surface area contributed by atoms with Crippen molar-refractivity contribution in [1.29, 1.82) is 0 Å². The van der Waals surface area contributed by atoms with Crippen molar-refractivity contribution in [2.24, 2.45) is 0 Å². The first-order valence-corrected chi connectivity index (χ1v) is 29.4. The van der Waals surface area contributed by atoms with Crippen LogP contribution in [0.25, 0.3) is 153 Å². The van der Waals surface area contributed by atoms with Gasteiger partial charge in [0.15, 0.2) is 0 Å². The fourth-order valence-corrected chi connectivity index (χ4v) is 12.5. The van der Waals surface area contributed by atoms with Crippen LogP contribution in [0.4, 0.5) is 0 Å². The Morgan fingerprint density at radius 1 is 0.247 bits per heavy atom. The van der Waals surface area contributed by atoms with Gasteiger partial charge in [-0.1, -0.05) is 260 Å². The molecule has 17 aromatic rings. The number of aromatic nitrogens is 3. The van der Waals surface area contributed by atoms with Gasteiger partial charge in [-0.2, -0.15) is 0 Å². The molecule has 0 fully saturated rings. The standard InChI is InChI=1S/C29H24N.2C27H16N.3Ir/c1-29(2,3)24-14-16-25-23(19-24)13-15-27-26(25)17-18-30-28(27)22-11-9-21(10-12-22)20-7-5-4-6-8-20;1-3-7-22-19(6-1)13-14-25-24(22)15-16-28-27(25)21-12-11-20-10-9-18-5-2-4-8-23(18)26(20)17-21;1-3-7-22-18(5-1)9-10-20-17-21(12-13-24(20)22)27-26-14-11-19-6-2-4-8-23(19)25(26)15-16-28-27;;;/h4-11,13-19H,1-3H3;2*1-11,13-17H;;;/q3*-1;;;. The van der Waals surface area contributed by atoms with E-state index in [1.807, 2.05) is 24.7 Å². The van der Waals surface area contributed by atoms with E-state index in [-0.39, 0.29) is 65.7 Å². The second-order valence-electron chi connectivity index (χ2n) is 23.2. The Bertz CT molecular complexity index is 5470. The SMILES string of the molecule is CC(C)(C)c1ccc2c(ccc3c(-c4[c-]cc(-c5ccccc5)cc4)nccc32)c1.[Ir].[Ir].[Ir].[c-]1cc2c(ccc3ccccc32)cc1-c1nccc2c1ccc1ccccc12.[c-]1cc2ccc3ccccc3c2cc1-c1nccc2c1ccc1ccccc12. The number of hydrogen-bond donors (Lipinski definition) is 0. The summed E-state index contributed by atoms with van der Waals surface area (Å²) in [6.45, 7) is 6.77. The van der Waals surface area contributed by atoms with Crippen molar-refractivity contribution in [2.45, 2.75) is 26.2 Å². The van der Waals surface area contributed by atoms with Gasteiger partial charge < -0.3 is 15.0 Å². The molecule has 0 aliphatic rings. The van der Waals surface area contributed by atoms with Crippen molar-refractivity contribution in [2.75, 3.05) is 0 Å². The topological polar surface area (TPSA) is 38.7 Å². The van der Waals surface area contributed by atoms with Gasteiger partial charge in [-0.25, -0.2) is 0 Å². The maximum atomic E-state index is 4.74. The molecule has 0 saturated carbocycles. The molecular formula is C83H56Ir3N3-3. The first kappa shape index (κ1) is 60.4. The van der Waals surface area contributed by atoms with Crippen molar-refractivity contribution in [3.63, 3.8) is 0 Å². The molecule has 0 N–H and O–H groups in total. The van der Waals surface area contributed by atoms with Crippen LogP contribution in [-0.2, 0) is 65.7 Å². The molecule has 0 amide bonds. The smallest absolute Gasteiger partial charge is 0.0167 e. The summed E-state index contributed by atoms with van der Waals surface area (Å²) in [5, 5.41) is 24.7. The van der Waals surface area contributed by atoms with Crippen LogP contribution in [0.2, 0.25) is 0 Å². The van der Waals surface area contributed by atoms with Gasteiger partial charge in [-0.05, 0) is 127 Å². The van der Waals surface area contributed by atoms with E-state index in [0.717, 1.165) is 49.9 Å². The Labute approximate surface area is 558 Å². The number of fused-ring (bicyclic) bond motifs is 15. The molecule has 0 atom stereocenters. The van der Waals surface area contributed by atoms with Gasteiger partial charge in [0.2, 0.25) is 0 Å². The molecular weight excluding hydrogens is 1620 g/mol. The number of nitrogens with zero attached hydrogens (tertiary/aromatic N) is 3. The summed E-state index contributed by atoms with van der Waals surface area (Å²) in [5.74, 6) is 0. The number of pyridine rings is 3. The Morgan fingerprint density at radius 3 is 1.17 bits per heavy atom. The normalized spacial score (nSPS) is 11.3. The first-order chi connectivity index (χ1) is 42.3. The van der Waals surface area contributed by atoms with Gasteiger partial charge in [-0.15, -0.1) is 82.7 Å². The zero-order valence-corrected chi connectivity index (χ0v) is 56.2. The van der Waals surface area contributed by atoms with Crippen LogP contribution in [0.3, 0.4) is 0 Å². The summed E-state index contributed by atoms with van der Waals surface area (Å²) < 4.78 is 0. The van der Waals surface area contributed by atoms with Crippen LogP contribution >= 0.6 is 0 Å². The summed E-state index contributed by atoms with van der Waals surface area (Å²) in [5.41, 5.74) is 9.90. The molecule has 0 aliphatic carbocycles. The molecule has 14 aromatic carbocycles. The second-order valence-corrected chi connectivity index (χ2v) is 23.2. The third-order valence-corrected chi connectivity index (χ3v) is 17.0. The average Bonchev–Trinajstić information content (AvgIpc) is 1.23. The molecule has 3 heterocycles. The largest absolute Gasteiger partial charge is 0.304 e. The van der Waals surface area contributed by atoms with Crippen molar-refractivity contribution < 1.29 is 60.3 Å². The summed E-state index contributed by atoms with van der Waals surface area (Å²) in [6, 6.07) is 105. The molecule has 89 heavy (non-hydrogen) atoms. The number of hydrogen-bond acceptors (Lipinski definition) is 3. The molecule has 0 saturated heterocycles. The van der Waals surface area contributed by atoms with Crippen LogP contribution < -0.4 is 0 Å². The third kappa shape index (κ3) is 11.6. The summed E-state index contributed by atoms with van der Waals surface area (Å²) in [7, 11) is 0. The van der Waals surface area contributed by atoms with Crippen molar-refractivity contribution >= 4 is 108 Å². The van der Waals surface area contributed by atoms with E-state index in [0.29, 0.717) is 0 Å². The minimum Gasteiger partial charge on any atom is -0.304 e. The van der Waals surface area contributed by atoms with Crippen molar-refractivity contribution in [3.05, 3.63) is 309 Å². The fourth-order valence-electron chi connectivity index (χ4n) is 12.5. The number of benzene rings is 14. The van der Waals surface area contributed by atoms with E-state index < -0.39 is 0 Å². The van der Waals surface area contributed by atoms with E-state index in [1.54, 1.807) is 0 Å². The molecule has 3 nitrogen and oxygen atoms in total. The van der Waals surface area contributed by atoms with Gasteiger partial charge in [0.25, 0.3) is 0 Å². The zero-order valence-electron chi connectivity index (χ0n) is 49.0. The molecule has 3 aromatic heterocycles. The van der Waals surface area contributed by atoms with Gasteiger partial charge in [0.1, 0.15) is 0 Å². The molecule has 0 spiro atoms. The Hall–Kier alpha value is -8.92. The summed E-state index contributed by atoms with van der Waals surface area (Å²) in [4.78, 5) is 14.2. The number of rotatable bonds is 4. The van der Waals surface area contributed by atoms with E-state index in [2.05, 4.69) is 300 Å². The molecule has 0 bridgehead atoms. The zero-order chi connectivity index (χ0) is 57.7. The van der Waals surface area contributed by atoms with Crippen LogP contribution in [0, 0.1) is 18.2 Å². The maximum Gasteiger partial charge on any atom is 0.0167 e. The van der Waals surface area contributed by atoms with Gasteiger partial charge in [-0.3, -0.25) is 0 Å². The molecule has 0 unspecified atom stereocenters. The van der Waals surface area contributed by atoms with E-state index >= 15 is 0 Å². The molecule has 6 heteroatoms. The average molecular weight is 1670 g/mol. The predicted octanol–water partition coefficient (Wildman–Crippen LogP) is 22.1. The molecule has 3 radical (unpaired) electrons. The van der Waals surface area contributed by atoms with Gasteiger partial charge in [0, 0.05) is 78.9 Å². The van der Waals surface area contributed by atoms with E-state index in [1.165, 1.54) is 108 Å². The molecule has 17 rings (SSSR count). The quantitative estimate of drug-likeness (QED) is 0.130. The van der Waals surface area contributed by atoms with Gasteiger partial charge in [0.05, 0.1) is 0 Å². The molecule has 433 valence electrons. The predicted molar refractivity (Wildman–Crippen MR) is 365 cm³/mol. The summed E-state index contributed by atoms with van der Waals surface area (Å²) >= 11 is 0. The van der Waals surface area contributed by atoms with Crippen LogP contribution in [-0.4, -0.2) is 15.0 Å². The van der Waals surface area contributed by atoms with Crippen LogP contribution in [0.15, 0.2) is 286 Å². The summed E-state index contributed by atoms with van der Waals surface area (Å²) in [6.07, 6.45) is 5.72. The minimum absolute atomic E-state index is 0. The minimum atomic E-state index is 0. The maximum absolute atomic E-state index is 4.74. The Morgan fingerprint density at radius 2 is 0.640 bits per heavy atom. The fraction of sp³-hybridized carbons (Fsp3) is 0.0482. The van der Waals surface area contributed by atoms with Crippen molar-refractivity contribution in [3.8, 4) is 44.9 Å². The monoisotopic (exact) mass is 1670 g/mol. The first-order valence-electron chi connectivity index (χ1n) is 29.4. The van der Waals surface area contributed by atoms with Crippen LogP contribution in [0.5, 0.6) is 0 Å². The third-order valence-electron chi connectivity index (χ3n) is 17.0. The second kappa shape index (κ2) is 25.7. The van der Waals surface area contributed by atoms with E-state index in [9.17, 15) is 0 Å². The Kier molecular flexibility index (Phi) is 17.4. The van der Waals surface area contributed by atoms with Crippen molar-refractivity contribution in [1.82, 2.24) is 15.0 Å².